The van der Waals surface area contributed by atoms with E-state index in [1.165, 1.54) is 0 Å². The van der Waals surface area contributed by atoms with Gasteiger partial charge in [-0.05, 0) is 33.9 Å². The lowest BCUT2D eigenvalue weighted by Crippen LogP contribution is -2.30. The zero-order valence-corrected chi connectivity index (χ0v) is 9.27. The molecule has 0 aliphatic heterocycles. The zero-order valence-electron chi connectivity index (χ0n) is 8.51. The van der Waals surface area contributed by atoms with Gasteiger partial charge in [0, 0.05) is 19.0 Å². The van der Waals surface area contributed by atoms with Gasteiger partial charge in [0.05, 0.1) is 6.10 Å². The van der Waals surface area contributed by atoms with E-state index in [1.807, 2.05) is 6.92 Å². The maximum Gasteiger partial charge on any atom is 0.0669 e. The van der Waals surface area contributed by atoms with Crippen LogP contribution in [-0.4, -0.2) is 43.6 Å². The standard InChI is InChI=1S/C9H20ClNO/c1-8(10)5-6-11(3)7-9(2)12-4/h8-9H,5-7H2,1-4H3. The van der Waals surface area contributed by atoms with E-state index in [0.717, 1.165) is 19.5 Å². The van der Waals surface area contributed by atoms with Crippen molar-refractivity contribution >= 4 is 11.6 Å². The van der Waals surface area contributed by atoms with E-state index in [4.69, 9.17) is 16.3 Å². The molecule has 2 unspecified atom stereocenters. The van der Waals surface area contributed by atoms with Gasteiger partial charge in [0.15, 0.2) is 0 Å². The minimum atomic E-state index is 0.269. The molecule has 0 aromatic carbocycles. The monoisotopic (exact) mass is 193 g/mol. The fraction of sp³-hybridized carbons (Fsp3) is 1.00. The first kappa shape index (κ1) is 12.2. The second kappa shape index (κ2) is 6.70. The van der Waals surface area contributed by atoms with Crippen molar-refractivity contribution in [2.75, 3.05) is 27.2 Å². The van der Waals surface area contributed by atoms with Gasteiger partial charge in [-0.15, -0.1) is 11.6 Å². The van der Waals surface area contributed by atoms with Gasteiger partial charge in [-0.25, -0.2) is 0 Å². The average molecular weight is 194 g/mol. The van der Waals surface area contributed by atoms with Crippen molar-refractivity contribution in [3.05, 3.63) is 0 Å². The minimum Gasteiger partial charge on any atom is -0.380 e. The SMILES string of the molecule is COC(C)CN(C)CCC(C)Cl. The summed E-state index contributed by atoms with van der Waals surface area (Å²) in [5.41, 5.74) is 0. The van der Waals surface area contributed by atoms with Gasteiger partial charge < -0.3 is 9.64 Å². The highest BCUT2D eigenvalue weighted by Gasteiger charge is 2.05. The van der Waals surface area contributed by atoms with Crippen LogP contribution in [0.1, 0.15) is 20.3 Å². The van der Waals surface area contributed by atoms with E-state index in [-0.39, 0.29) is 5.38 Å². The summed E-state index contributed by atoms with van der Waals surface area (Å²) in [6.07, 6.45) is 1.34. The fourth-order valence-electron chi connectivity index (χ4n) is 1.00. The molecule has 0 radical (unpaired) electrons. The van der Waals surface area contributed by atoms with Gasteiger partial charge in [-0.1, -0.05) is 0 Å². The molecule has 0 aromatic rings. The van der Waals surface area contributed by atoms with Gasteiger partial charge in [-0.2, -0.15) is 0 Å². The molecule has 0 fully saturated rings. The number of hydrogen-bond donors (Lipinski definition) is 0. The van der Waals surface area contributed by atoms with Gasteiger partial charge in [0.25, 0.3) is 0 Å². The molecule has 3 heteroatoms. The molecule has 0 amide bonds. The number of rotatable bonds is 6. The quantitative estimate of drug-likeness (QED) is 0.599. The van der Waals surface area contributed by atoms with Crippen molar-refractivity contribution in [1.82, 2.24) is 4.90 Å². The van der Waals surface area contributed by atoms with E-state index in [1.54, 1.807) is 7.11 Å². The van der Waals surface area contributed by atoms with Crippen LogP contribution in [0.5, 0.6) is 0 Å². The molecule has 0 spiro atoms. The smallest absolute Gasteiger partial charge is 0.0669 e. The van der Waals surface area contributed by atoms with Crippen molar-refractivity contribution < 1.29 is 4.74 Å². The Labute approximate surface area is 80.8 Å². The van der Waals surface area contributed by atoms with Crippen LogP contribution in [0, 0.1) is 0 Å². The molecule has 2 atom stereocenters. The van der Waals surface area contributed by atoms with Gasteiger partial charge >= 0.3 is 0 Å². The molecule has 0 aliphatic rings. The van der Waals surface area contributed by atoms with E-state index in [2.05, 4.69) is 18.9 Å². The lowest BCUT2D eigenvalue weighted by Gasteiger charge is -2.20. The topological polar surface area (TPSA) is 12.5 Å². The van der Waals surface area contributed by atoms with Crippen LogP contribution >= 0.6 is 11.6 Å². The van der Waals surface area contributed by atoms with Crippen molar-refractivity contribution in [2.24, 2.45) is 0 Å². The number of methoxy groups -OCH3 is 1. The molecule has 0 aliphatic carbocycles. The van der Waals surface area contributed by atoms with Crippen LogP contribution < -0.4 is 0 Å². The molecule has 0 aromatic heterocycles. The highest BCUT2D eigenvalue weighted by molar-refractivity contribution is 6.20. The molecule has 0 bridgehead atoms. The van der Waals surface area contributed by atoms with Crippen molar-refractivity contribution in [2.45, 2.75) is 31.7 Å². The van der Waals surface area contributed by atoms with Crippen LogP contribution in [0.25, 0.3) is 0 Å². The summed E-state index contributed by atoms with van der Waals surface area (Å²) in [5.74, 6) is 0. The van der Waals surface area contributed by atoms with Gasteiger partial charge in [0.1, 0.15) is 0 Å². The summed E-state index contributed by atoms with van der Waals surface area (Å²) in [6.45, 7) is 6.11. The Hall–Kier alpha value is 0.210. The number of hydrogen-bond acceptors (Lipinski definition) is 2. The van der Waals surface area contributed by atoms with Crippen LogP contribution in [0.2, 0.25) is 0 Å². The van der Waals surface area contributed by atoms with Crippen molar-refractivity contribution in [3.8, 4) is 0 Å². The number of alkyl halides is 1. The van der Waals surface area contributed by atoms with Crippen molar-refractivity contribution in [3.63, 3.8) is 0 Å². The van der Waals surface area contributed by atoms with E-state index < -0.39 is 0 Å². The first-order chi connectivity index (χ1) is 5.56. The van der Waals surface area contributed by atoms with Gasteiger partial charge in [0.2, 0.25) is 0 Å². The molecule has 0 N–H and O–H groups in total. The first-order valence-electron chi connectivity index (χ1n) is 4.41. The highest BCUT2D eigenvalue weighted by Crippen LogP contribution is 2.01. The summed E-state index contributed by atoms with van der Waals surface area (Å²) in [4.78, 5) is 2.24. The third kappa shape index (κ3) is 6.89. The maximum absolute atomic E-state index is 5.83. The zero-order chi connectivity index (χ0) is 9.56. The highest BCUT2D eigenvalue weighted by atomic mass is 35.5. The molecule has 0 rings (SSSR count). The summed E-state index contributed by atoms with van der Waals surface area (Å²) in [5, 5.41) is 0.269. The number of ether oxygens (including phenoxy) is 1. The predicted octanol–water partition coefficient (Wildman–Crippen LogP) is 1.97. The Bertz CT molecular complexity index is 109. The normalized spacial score (nSPS) is 16.5. The third-order valence-corrected chi connectivity index (χ3v) is 2.10. The molecule has 0 heterocycles. The van der Waals surface area contributed by atoms with E-state index in [9.17, 15) is 0 Å². The minimum absolute atomic E-state index is 0.269. The maximum atomic E-state index is 5.83. The lowest BCUT2D eigenvalue weighted by molar-refractivity contribution is 0.0854. The Morgan fingerprint density at radius 2 is 2.00 bits per heavy atom. The van der Waals surface area contributed by atoms with Crippen LogP contribution in [-0.2, 0) is 4.74 Å². The molecule has 74 valence electrons. The molecule has 0 saturated carbocycles. The molecule has 12 heavy (non-hydrogen) atoms. The second-order valence-corrected chi connectivity index (χ2v) is 4.12. The Morgan fingerprint density at radius 1 is 1.42 bits per heavy atom. The molecule has 2 nitrogen and oxygen atoms in total. The summed E-state index contributed by atoms with van der Waals surface area (Å²) in [7, 11) is 3.83. The molecular weight excluding hydrogens is 174 g/mol. The van der Waals surface area contributed by atoms with Crippen molar-refractivity contribution in [1.29, 1.82) is 0 Å². The Kier molecular flexibility index (Phi) is 6.81. The number of nitrogens with zero attached hydrogens (tertiary/aromatic N) is 1. The number of likely N-dealkylation sites (N-methyl/N-ethyl adjacent to an activating group) is 1. The van der Waals surface area contributed by atoms with Gasteiger partial charge in [-0.3, -0.25) is 0 Å². The molecule has 0 saturated heterocycles. The third-order valence-electron chi connectivity index (χ3n) is 1.88. The average Bonchev–Trinajstić information content (AvgIpc) is 2.00. The van der Waals surface area contributed by atoms with Crippen LogP contribution in [0.4, 0.5) is 0 Å². The molecular formula is C9H20ClNO. The Balaban J connectivity index is 3.39. The summed E-state index contributed by atoms with van der Waals surface area (Å²) in [6, 6.07) is 0. The van der Waals surface area contributed by atoms with E-state index >= 15 is 0 Å². The second-order valence-electron chi connectivity index (χ2n) is 3.38. The summed E-state index contributed by atoms with van der Waals surface area (Å²) >= 11 is 5.83. The fourth-order valence-corrected chi connectivity index (χ4v) is 1.10. The lowest BCUT2D eigenvalue weighted by atomic mass is 10.3. The first-order valence-corrected chi connectivity index (χ1v) is 4.85. The number of halogens is 1. The van der Waals surface area contributed by atoms with E-state index in [0.29, 0.717) is 6.10 Å². The predicted molar refractivity (Wildman–Crippen MR) is 53.9 cm³/mol. The Morgan fingerprint density at radius 3 is 2.42 bits per heavy atom. The van der Waals surface area contributed by atoms with Crippen LogP contribution in [0.3, 0.4) is 0 Å². The van der Waals surface area contributed by atoms with Crippen LogP contribution in [0.15, 0.2) is 0 Å². The summed E-state index contributed by atoms with van der Waals surface area (Å²) < 4.78 is 5.15. The largest absolute Gasteiger partial charge is 0.380 e.